The minimum atomic E-state index is -1.49. The first-order chi connectivity index (χ1) is 19.8. The molecule has 212 valence electrons. The van der Waals surface area contributed by atoms with Crippen molar-refractivity contribution >= 4 is 23.0 Å². The Morgan fingerprint density at radius 2 is 1.83 bits per heavy atom. The Hall–Kier alpha value is -4.34. The molecule has 11 heteroatoms. The molecule has 1 saturated heterocycles. The van der Waals surface area contributed by atoms with Crippen molar-refractivity contribution in [1.82, 2.24) is 19.5 Å². The summed E-state index contributed by atoms with van der Waals surface area (Å²) in [6.07, 6.45) is 3.95. The largest absolute Gasteiger partial charge is 0.386 e. The van der Waals surface area contributed by atoms with E-state index in [1.165, 1.54) is 10.9 Å². The third-order valence-electron chi connectivity index (χ3n) is 6.81. The molecule has 1 aliphatic rings. The fourth-order valence-corrected chi connectivity index (χ4v) is 4.59. The number of hydrogen-bond donors (Lipinski definition) is 3. The molecule has 3 heterocycles. The number of hydrogen-bond acceptors (Lipinski definition) is 8. The number of ether oxygens (including phenoxy) is 3. The second-order valence-corrected chi connectivity index (χ2v) is 10.1. The summed E-state index contributed by atoms with van der Waals surface area (Å²) in [5.74, 6) is 1.95. The smallest absolute Gasteiger partial charge is 0.280 e. The van der Waals surface area contributed by atoms with Crippen LogP contribution < -0.4 is 10.9 Å². The number of anilines is 1. The molecule has 1 aliphatic heterocycles. The van der Waals surface area contributed by atoms with Gasteiger partial charge in [0.2, 0.25) is 11.9 Å². The van der Waals surface area contributed by atoms with Crippen molar-refractivity contribution in [2.45, 2.75) is 51.1 Å². The van der Waals surface area contributed by atoms with E-state index < -0.39 is 29.6 Å². The van der Waals surface area contributed by atoms with Crippen molar-refractivity contribution in [3.05, 3.63) is 88.5 Å². The molecule has 4 atom stereocenters. The molecule has 11 nitrogen and oxygen atoms in total. The lowest BCUT2D eigenvalue weighted by Crippen LogP contribution is -2.47. The fourth-order valence-electron chi connectivity index (χ4n) is 4.59. The first-order valence-corrected chi connectivity index (χ1v) is 13.2. The number of imidazole rings is 1. The zero-order chi connectivity index (χ0) is 29.0. The molecular weight excluding hydrogens is 526 g/mol. The maximum Gasteiger partial charge on any atom is 0.280 e. The first kappa shape index (κ1) is 28.2. The van der Waals surface area contributed by atoms with Crippen molar-refractivity contribution in [3.8, 4) is 12.3 Å². The molecule has 0 saturated carbocycles. The van der Waals surface area contributed by atoms with E-state index in [9.17, 15) is 14.7 Å². The Bertz CT molecular complexity index is 1600. The number of aliphatic hydroxyl groups excluding tert-OH is 1. The lowest BCUT2D eigenvalue weighted by atomic mass is 9.96. The third kappa shape index (κ3) is 5.91. The van der Waals surface area contributed by atoms with Crippen LogP contribution in [0.3, 0.4) is 0 Å². The van der Waals surface area contributed by atoms with Crippen LogP contribution in [0.2, 0.25) is 0 Å². The molecular formula is C30H31N5O6. The normalized spacial score (nSPS) is 22.2. The molecule has 2 unspecified atom stereocenters. The van der Waals surface area contributed by atoms with Crippen molar-refractivity contribution in [3.63, 3.8) is 0 Å². The van der Waals surface area contributed by atoms with Crippen LogP contribution in [0.5, 0.6) is 0 Å². The second-order valence-electron chi connectivity index (χ2n) is 10.1. The molecule has 1 fully saturated rings. The summed E-state index contributed by atoms with van der Waals surface area (Å²) < 4.78 is 19.9. The molecule has 1 amide bonds. The van der Waals surface area contributed by atoms with E-state index in [0.29, 0.717) is 0 Å². The average molecular weight is 558 g/mol. The summed E-state index contributed by atoms with van der Waals surface area (Å²) in [4.78, 5) is 36.1. The zero-order valence-corrected chi connectivity index (χ0v) is 22.7. The van der Waals surface area contributed by atoms with Crippen LogP contribution in [0, 0.1) is 18.3 Å². The number of amides is 1. The lowest BCUT2D eigenvalue weighted by molar-refractivity contribution is -0.123. The third-order valence-corrected chi connectivity index (χ3v) is 6.81. The summed E-state index contributed by atoms with van der Waals surface area (Å²) >= 11 is 0. The Labute approximate surface area is 236 Å². The molecule has 0 radical (unpaired) electrons. The highest BCUT2D eigenvalue weighted by molar-refractivity contribution is 5.91. The number of fused-ring (bicyclic) bond motifs is 1. The monoisotopic (exact) mass is 557 g/mol. The zero-order valence-electron chi connectivity index (χ0n) is 22.7. The summed E-state index contributed by atoms with van der Waals surface area (Å²) in [7, 11) is 0. The summed E-state index contributed by atoms with van der Waals surface area (Å²) in [5.41, 5.74) is -0.130. The van der Waals surface area contributed by atoms with E-state index in [1.54, 1.807) is 13.8 Å². The molecule has 5 rings (SSSR count). The average Bonchev–Trinajstić information content (AvgIpc) is 3.52. The van der Waals surface area contributed by atoms with Crippen molar-refractivity contribution < 1.29 is 24.1 Å². The van der Waals surface area contributed by atoms with Gasteiger partial charge in [-0.3, -0.25) is 24.5 Å². The van der Waals surface area contributed by atoms with E-state index in [2.05, 4.69) is 26.2 Å². The predicted octanol–water partition coefficient (Wildman–Crippen LogP) is 2.78. The van der Waals surface area contributed by atoms with E-state index in [-0.39, 0.29) is 48.8 Å². The van der Waals surface area contributed by atoms with Gasteiger partial charge in [0, 0.05) is 5.92 Å². The van der Waals surface area contributed by atoms with Gasteiger partial charge in [0.05, 0.1) is 26.1 Å². The standard InChI is InChI=1S/C30H31N5O6/c1-4-30(17-39-15-20-11-7-5-8-12-20)24(40-16-21-13-9-6-10-14-21)23(36)28(41-30)35-18-31-22-25(35)32-29(34-27(22)38)33-26(37)19(2)3/h1,5-14,18-19,23-24,28,36H,15-17H2,2-3H3,(H2,32,33,34,37,38)/t23?,24?,28-,30-/m1/s1. The van der Waals surface area contributed by atoms with E-state index in [0.717, 1.165) is 11.1 Å². The Balaban J connectivity index is 1.47. The Morgan fingerprint density at radius 3 is 2.46 bits per heavy atom. The summed E-state index contributed by atoms with van der Waals surface area (Å²) in [6.45, 7) is 3.78. The quantitative estimate of drug-likeness (QED) is 0.253. The van der Waals surface area contributed by atoms with Gasteiger partial charge in [0.25, 0.3) is 5.56 Å². The summed E-state index contributed by atoms with van der Waals surface area (Å²) in [6, 6.07) is 19.0. The van der Waals surface area contributed by atoms with Gasteiger partial charge in [0.15, 0.2) is 23.0 Å². The highest BCUT2D eigenvalue weighted by atomic mass is 16.6. The molecule has 3 N–H and O–H groups in total. The van der Waals surface area contributed by atoms with Crippen LogP contribution in [-0.2, 0) is 32.2 Å². The highest BCUT2D eigenvalue weighted by Crippen LogP contribution is 2.40. The highest BCUT2D eigenvalue weighted by Gasteiger charge is 2.56. The molecule has 2 aromatic heterocycles. The summed E-state index contributed by atoms with van der Waals surface area (Å²) in [5, 5.41) is 14.1. The number of H-pyrrole nitrogens is 1. The number of benzene rings is 2. The molecule has 0 aliphatic carbocycles. The van der Waals surface area contributed by atoms with Crippen LogP contribution in [0.1, 0.15) is 31.2 Å². The molecule has 2 aromatic carbocycles. The Kier molecular flexibility index (Phi) is 8.28. The van der Waals surface area contributed by atoms with Crippen molar-refractivity contribution in [1.29, 1.82) is 0 Å². The SMILES string of the molecule is C#C[C@]1(COCc2ccccc2)O[C@@H](n2cnc3c(=O)[nH]c(NC(=O)C(C)C)nc32)C(O)C1OCc1ccccc1. The maximum atomic E-state index is 12.7. The number of aromatic nitrogens is 4. The van der Waals surface area contributed by atoms with Gasteiger partial charge in [0.1, 0.15) is 12.2 Å². The van der Waals surface area contributed by atoms with Crippen LogP contribution in [0.4, 0.5) is 5.95 Å². The van der Waals surface area contributed by atoms with Gasteiger partial charge in [-0.15, -0.1) is 6.42 Å². The number of nitrogens with one attached hydrogen (secondary N) is 2. The number of carbonyl (C=O) groups excluding carboxylic acids is 1. The maximum absolute atomic E-state index is 12.7. The van der Waals surface area contributed by atoms with Gasteiger partial charge >= 0.3 is 0 Å². The minimum absolute atomic E-state index is 0.00337. The second kappa shape index (κ2) is 12.0. The number of nitrogens with zero attached hydrogens (tertiary/aromatic N) is 3. The van der Waals surface area contributed by atoms with Crippen LogP contribution in [0.15, 0.2) is 71.8 Å². The predicted molar refractivity (Wildman–Crippen MR) is 150 cm³/mol. The van der Waals surface area contributed by atoms with E-state index in [4.69, 9.17) is 20.6 Å². The van der Waals surface area contributed by atoms with E-state index >= 15 is 0 Å². The van der Waals surface area contributed by atoms with Crippen molar-refractivity contribution in [2.75, 3.05) is 11.9 Å². The van der Waals surface area contributed by atoms with Crippen LogP contribution >= 0.6 is 0 Å². The molecule has 0 spiro atoms. The van der Waals surface area contributed by atoms with Gasteiger partial charge in [-0.1, -0.05) is 80.4 Å². The topological polar surface area (TPSA) is 141 Å². The fraction of sp³-hybridized carbons (Fsp3) is 0.333. The van der Waals surface area contributed by atoms with Crippen molar-refractivity contribution in [2.24, 2.45) is 5.92 Å². The van der Waals surface area contributed by atoms with Gasteiger partial charge in [-0.25, -0.2) is 4.98 Å². The number of rotatable bonds is 10. The number of aliphatic hydroxyl groups is 1. The van der Waals surface area contributed by atoms with Gasteiger partial charge < -0.3 is 19.3 Å². The molecule has 41 heavy (non-hydrogen) atoms. The van der Waals surface area contributed by atoms with Crippen LogP contribution in [0.25, 0.3) is 11.2 Å². The lowest BCUT2D eigenvalue weighted by Gasteiger charge is -2.29. The van der Waals surface area contributed by atoms with Crippen LogP contribution in [-0.4, -0.2) is 54.9 Å². The number of carbonyl (C=O) groups is 1. The number of aromatic amines is 1. The van der Waals surface area contributed by atoms with E-state index in [1.807, 2.05) is 60.7 Å². The first-order valence-electron chi connectivity index (χ1n) is 13.2. The van der Waals surface area contributed by atoms with Gasteiger partial charge in [-0.05, 0) is 11.1 Å². The number of terminal acetylenes is 1. The Morgan fingerprint density at radius 1 is 1.17 bits per heavy atom. The molecule has 4 aromatic rings. The molecule has 0 bridgehead atoms. The minimum Gasteiger partial charge on any atom is -0.386 e. The van der Waals surface area contributed by atoms with Gasteiger partial charge in [-0.2, -0.15) is 4.98 Å².